The van der Waals surface area contributed by atoms with Crippen LogP contribution in [0.4, 0.5) is 0 Å². The lowest BCUT2D eigenvalue weighted by Gasteiger charge is -2.33. The molecule has 20 heavy (non-hydrogen) atoms. The molecule has 0 radical (unpaired) electrons. The van der Waals surface area contributed by atoms with Gasteiger partial charge >= 0.3 is 0 Å². The van der Waals surface area contributed by atoms with E-state index in [2.05, 4.69) is 72.3 Å². The van der Waals surface area contributed by atoms with Gasteiger partial charge in [0.15, 0.2) is 0 Å². The van der Waals surface area contributed by atoms with Gasteiger partial charge in [0.25, 0.3) is 0 Å². The van der Waals surface area contributed by atoms with Gasteiger partial charge in [-0.25, -0.2) is 0 Å². The second kappa shape index (κ2) is 8.52. The van der Waals surface area contributed by atoms with Crippen LogP contribution >= 0.6 is 27.3 Å². The first-order valence-electron chi connectivity index (χ1n) is 7.47. The largest absolute Gasteiger partial charge is 0.313 e. The number of hydrogen-bond donors (Lipinski definition) is 1. The minimum atomic E-state index is 0.321. The lowest BCUT2D eigenvalue weighted by atomic mass is 9.84. The summed E-state index contributed by atoms with van der Waals surface area (Å²) in [7, 11) is 2.21. The molecule has 1 atom stereocenters. The van der Waals surface area contributed by atoms with Crippen molar-refractivity contribution in [3.8, 4) is 0 Å². The molecule has 0 saturated carbocycles. The van der Waals surface area contributed by atoms with Gasteiger partial charge in [-0.2, -0.15) is 0 Å². The predicted octanol–water partition coefficient (Wildman–Crippen LogP) is 4.75. The third-order valence-electron chi connectivity index (χ3n) is 3.56. The van der Waals surface area contributed by atoms with Crippen molar-refractivity contribution in [3.63, 3.8) is 0 Å². The van der Waals surface area contributed by atoms with Crippen molar-refractivity contribution in [3.05, 3.63) is 20.8 Å². The number of thiophene rings is 1. The van der Waals surface area contributed by atoms with Crippen LogP contribution in [0, 0.1) is 5.41 Å². The van der Waals surface area contributed by atoms with E-state index in [0.29, 0.717) is 11.5 Å². The van der Waals surface area contributed by atoms with E-state index >= 15 is 0 Å². The van der Waals surface area contributed by atoms with Crippen LogP contribution in [0.5, 0.6) is 0 Å². The molecule has 0 spiro atoms. The molecular formula is C16H29BrN2S. The average molecular weight is 361 g/mol. The summed E-state index contributed by atoms with van der Waals surface area (Å²) in [6.07, 6.45) is 2.40. The van der Waals surface area contributed by atoms with Crippen LogP contribution in [-0.2, 0) is 6.54 Å². The van der Waals surface area contributed by atoms with Crippen LogP contribution in [0.25, 0.3) is 0 Å². The zero-order valence-corrected chi connectivity index (χ0v) is 15.9. The van der Waals surface area contributed by atoms with E-state index in [9.17, 15) is 0 Å². The molecule has 0 aliphatic rings. The Labute approximate surface area is 137 Å². The highest BCUT2D eigenvalue weighted by molar-refractivity contribution is 9.11. The normalized spacial score (nSPS) is 13.9. The predicted molar refractivity (Wildman–Crippen MR) is 94.5 cm³/mol. The Bertz CT molecular complexity index is 384. The molecule has 0 fully saturated rings. The first kappa shape index (κ1) is 18.1. The number of halogens is 1. The molecule has 1 unspecified atom stereocenters. The maximum atomic E-state index is 3.70. The lowest BCUT2D eigenvalue weighted by molar-refractivity contribution is 0.219. The fourth-order valence-corrected chi connectivity index (χ4v) is 3.53. The van der Waals surface area contributed by atoms with Gasteiger partial charge in [0.1, 0.15) is 0 Å². The molecule has 0 aliphatic heterocycles. The summed E-state index contributed by atoms with van der Waals surface area (Å²) in [6.45, 7) is 12.5. The minimum absolute atomic E-state index is 0.321. The zero-order valence-electron chi connectivity index (χ0n) is 13.5. The van der Waals surface area contributed by atoms with Gasteiger partial charge in [-0.15, -0.1) is 11.3 Å². The molecule has 0 aliphatic carbocycles. The van der Waals surface area contributed by atoms with Crippen LogP contribution in [0.3, 0.4) is 0 Å². The first-order valence-corrected chi connectivity index (χ1v) is 9.15. The van der Waals surface area contributed by atoms with E-state index in [1.807, 2.05) is 0 Å². The molecule has 0 aromatic carbocycles. The van der Waals surface area contributed by atoms with Gasteiger partial charge in [0.2, 0.25) is 0 Å². The van der Waals surface area contributed by atoms with E-state index in [1.54, 1.807) is 11.3 Å². The second-order valence-corrected chi connectivity index (χ2v) is 8.95. The van der Waals surface area contributed by atoms with E-state index < -0.39 is 0 Å². The molecule has 1 aromatic rings. The highest BCUT2D eigenvalue weighted by Crippen LogP contribution is 2.23. The average Bonchev–Trinajstić information content (AvgIpc) is 2.73. The number of nitrogens with one attached hydrogen (secondary N) is 1. The Kier molecular flexibility index (Phi) is 7.73. The second-order valence-electron chi connectivity index (χ2n) is 6.66. The molecule has 1 rings (SSSR count). The highest BCUT2D eigenvalue weighted by atomic mass is 79.9. The maximum absolute atomic E-state index is 3.70. The fourth-order valence-electron chi connectivity index (χ4n) is 2.33. The van der Waals surface area contributed by atoms with Crippen LogP contribution in [0.2, 0.25) is 0 Å². The van der Waals surface area contributed by atoms with Crippen LogP contribution < -0.4 is 5.32 Å². The van der Waals surface area contributed by atoms with Crippen LogP contribution in [0.1, 0.15) is 46.1 Å². The third kappa shape index (κ3) is 6.70. The van der Waals surface area contributed by atoms with E-state index in [0.717, 1.165) is 19.6 Å². The van der Waals surface area contributed by atoms with Crippen molar-refractivity contribution in [2.75, 3.05) is 20.1 Å². The van der Waals surface area contributed by atoms with Crippen molar-refractivity contribution < 1.29 is 0 Å². The molecule has 4 heteroatoms. The van der Waals surface area contributed by atoms with Gasteiger partial charge < -0.3 is 10.2 Å². The lowest BCUT2D eigenvalue weighted by Crippen LogP contribution is -2.42. The molecule has 1 heterocycles. The summed E-state index contributed by atoms with van der Waals surface area (Å²) in [5.41, 5.74) is 1.72. The van der Waals surface area contributed by atoms with E-state index in [4.69, 9.17) is 0 Å². The van der Waals surface area contributed by atoms with Crippen LogP contribution in [0.15, 0.2) is 15.2 Å². The van der Waals surface area contributed by atoms with E-state index in [-0.39, 0.29) is 0 Å². The zero-order chi connectivity index (χ0) is 15.2. The molecule has 116 valence electrons. The molecule has 2 nitrogen and oxygen atoms in total. The summed E-state index contributed by atoms with van der Waals surface area (Å²) in [5.74, 6) is 0. The van der Waals surface area contributed by atoms with Gasteiger partial charge in [0.05, 0.1) is 3.79 Å². The summed E-state index contributed by atoms with van der Waals surface area (Å²) in [5, 5.41) is 5.93. The Balaban J connectivity index is 2.41. The highest BCUT2D eigenvalue weighted by Gasteiger charge is 2.23. The summed E-state index contributed by atoms with van der Waals surface area (Å²) >= 11 is 5.29. The molecule has 1 aromatic heterocycles. The topological polar surface area (TPSA) is 15.3 Å². The maximum Gasteiger partial charge on any atom is 0.0701 e. The SMILES string of the molecule is CCCNC(CCN(C)Cc1csc(Br)c1)C(C)(C)C. The van der Waals surface area contributed by atoms with Crippen molar-refractivity contribution >= 4 is 27.3 Å². The van der Waals surface area contributed by atoms with Crippen LogP contribution in [-0.4, -0.2) is 31.1 Å². The molecular weight excluding hydrogens is 332 g/mol. The summed E-state index contributed by atoms with van der Waals surface area (Å²) in [4.78, 5) is 2.42. The summed E-state index contributed by atoms with van der Waals surface area (Å²) in [6, 6.07) is 2.80. The standard InChI is InChI=1S/C16H29BrN2S/c1-6-8-18-14(16(2,3)4)7-9-19(5)11-13-10-15(17)20-12-13/h10,12,14,18H,6-9,11H2,1-5H3. The van der Waals surface area contributed by atoms with Gasteiger partial charge in [-0.3, -0.25) is 0 Å². The van der Waals surface area contributed by atoms with Crippen molar-refractivity contribution in [1.82, 2.24) is 10.2 Å². The summed E-state index contributed by atoms with van der Waals surface area (Å²) < 4.78 is 1.22. The quantitative estimate of drug-likeness (QED) is 0.719. The third-order valence-corrected chi connectivity index (χ3v) is 5.11. The Morgan fingerprint density at radius 1 is 1.40 bits per heavy atom. The number of hydrogen-bond acceptors (Lipinski definition) is 3. The Hall–Kier alpha value is 0.100. The molecule has 0 amide bonds. The van der Waals surface area contributed by atoms with Crippen molar-refractivity contribution in [2.45, 2.75) is 53.1 Å². The van der Waals surface area contributed by atoms with Crippen molar-refractivity contribution in [2.24, 2.45) is 5.41 Å². The number of nitrogens with zero attached hydrogens (tertiary/aromatic N) is 1. The smallest absolute Gasteiger partial charge is 0.0701 e. The molecule has 0 bridgehead atoms. The Morgan fingerprint density at radius 3 is 2.60 bits per heavy atom. The van der Waals surface area contributed by atoms with Gasteiger partial charge in [0, 0.05) is 12.6 Å². The van der Waals surface area contributed by atoms with Gasteiger partial charge in [-0.05, 0) is 71.3 Å². The van der Waals surface area contributed by atoms with Crippen molar-refractivity contribution in [1.29, 1.82) is 0 Å². The van der Waals surface area contributed by atoms with E-state index in [1.165, 1.54) is 22.2 Å². The molecule has 1 N–H and O–H groups in total. The van der Waals surface area contributed by atoms with Gasteiger partial charge in [-0.1, -0.05) is 27.7 Å². The Morgan fingerprint density at radius 2 is 2.10 bits per heavy atom. The minimum Gasteiger partial charge on any atom is -0.313 e. The fraction of sp³-hybridized carbons (Fsp3) is 0.750. The monoisotopic (exact) mass is 360 g/mol. The first-order chi connectivity index (χ1) is 9.32. The number of rotatable bonds is 8. The molecule has 0 saturated heterocycles.